The van der Waals surface area contributed by atoms with Crippen molar-refractivity contribution in [2.24, 2.45) is 11.5 Å². The van der Waals surface area contributed by atoms with Crippen molar-refractivity contribution in [1.82, 2.24) is 0 Å². The first-order valence-electron chi connectivity index (χ1n) is 2.15. The Labute approximate surface area is 70.3 Å². The number of carbonyl (C=O) groups excluding carboxylic acids is 2. The molecule has 0 aromatic carbocycles. The van der Waals surface area contributed by atoms with Gasteiger partial charge in [-0.2, -0.15) is 0 Å². The van der Waals surface area contributed by atoms with E-state index in [9.17, 15) is 9.59 Å². The van der Waals surface area contributed by atoms with E-state index in [0.29, 0.717) is 19.8 Å². The van der Waals surface area contributed by atoms with Gasteiger partial charge in [0.15, 0.2) is 0 Å². The van der Waals surface area contributed by atoms with Crippen LogP contribution in [0, 0.1) is 0 Å². The van der Waals surface area contributed by atoms with E-state index in [1.54, 1.807) is 0 Å². The molecule has 0 aliphatic rings. The summed E-state index contributed by atoms with van der Waals surface area (Å²) >= 11 is 0.700. The minimum absolute atomic E-state index is 0.333. The Morgan fingerprint density at radius 2 is 1.00 bits per heavy atom. The van der Waals surface area contributed by atoms with Crippen LogP contribution in [0.1, 0.15) is 13.8 Å². The van der Waals surface area contributed by atoms with Crippen LogP contribution in [-0.2, 0) is 32.8 Å². The zero-order valence-corrected chi connectivity index (χ0v) is 7.79. The van der Waals surface area contributed by atoms with Crippen molar-refractivity contribution < 1.29 is 32.8 Å². The van der Waals surface area contributed by atoms with Crippen LogP contribution in [0.2, 0.25) is 0 Å². The number of rotatable bonds is 0. The van der Waals surface area contributed by atoms with Gasteiger partial charge < -0.3 is 11.5 Å². The van der Waals surface area contributed by atoms with Crippen LogP contribution in [-0.4, -0.2) is 11.8 Å². The van der Waals surface area contributed by atoms with Crippen molar-refractivity contribution in [3.05, 3.63) is 0 Å². The summed E-state index contributed by atoms with van der Waals surface area (Å²) < 4.78 is 8.26. The van der Waals surface area contributed by atoms with E-state index in [1.807, 2.05) is 0 Å². The van der Waals surface area contributed by atoms with Gasteiger partial charge in [-0.25, -0.2) is 0 Å². The summed E-state index contributed by atoms with van der Waals surface area (Å²) in [5, 5.41) is 0. The van der Waals surface area contributed by atoms with Crippen LogP contribution >= 0.6 is 0 Å². The second kappa shape index (κ2) is 15.8. The Bertz CT molecular complexity index is 86.7. The first kappa shape index (κ1) is 16.2. The van der Waals surface area contributed by atoms with E-state index in [-0.39, 0.29) is 11.8 Å². The molecule has 0 aromatic heterocycles. The summed E-state index contributed by atoms with van der Waals surface area (Å²) in [7, 11) is 0. The van der Waals surface area contributed by atoms with Crippen LogP contribution in [0.4, 0.5) is 0 Å². The average molecular weight is 230 g/mol. The molecule has 0 spiro atoms. The first-order chi connectivity index (χ1) is 4.46. The van der Waals surface area contributed by atoms with Gasteiger partial charge in [-0.05, 0) is 0 Å². The van der Waals surface area contributed by atoms with Crippen molar-refractivity contribution in [3.63, 3.8) is 0 Å². The van der Waals surface area contributed by atoms with Gasteiger partial charge in [0.2, 0.25) is 11.8 Å². The number of hydrogen-bond acceptors (Lipinski definition) is 3. The molecule has 0 unspecified atom stereocenters. The van der Waals surface area contributed by atoms with E-state index >= 15 is 0 Å². The van der Waals surface area contributed by atoms with E-state index in [1.165, 1.54) is 13.8 Å². The predicted octanol–water partition coefficient (Wildman–Crippen LogP) is -1.14. The molecule has 0 heterocycles. The van der Waals surface area contributed by atoms with Crippen LogP contribution in [0.25, 0.3) is 0 Å². The second-order valence-electron chi connectivity index (χ2n) is 1.22. The number of nitrogens with two attached hydrogens (primary N) is 2. The quantitative estimate of drug-likeness (QED) is 0.514. The van der Waals surface area contributed by atoms with Gasteiger partial charge in [-0.1, -0.05) is 0 Å². The van der Waals surface area contributed by atoms with Gasteiger partial charge in [0, 0.05) is 13.8 Å². The molecule has 4 N–H and O–H groups in total. The molecule has 5 nitrogen and oxygen atoms in total. The Kier molecular flexibility index (Phi) is 25.6. The number of carbonyl (C=O) groups is 2. The maximum atomic E-state index is 9.22. The van der Waals surface area contributed by atoms with E-state index < -0.39 is 0 Å². The minimum atomic E-state index is -0.333. The molecule has 0 fully saturated rings. The standard InChI is InChI=1S/2C2H5NO.Mo.O/c2*1-2(3)4;;/h2*1H3,(H2,3,4);;. The Morgan fingerprint density at radius 3 is 1.00 bits per heavy atom. The zero-order valence-electron chi connectivity index (χ0n) is 5.79. The summed E-state index contributed by atoms with van der Waals surface area (Å²) in [4.78, 5) is 18.4. The van der Waals surface area contributed by atoms with Gasteiger partial charge in [0.05, 0.1) is 0 Å². The number of hydrogen-bond donors (Lipinski definition) is 2. The molecule has 2 amide bonds. The fourth-order valence-corrected chi connectivity index (χ4v) is 0. The Morgan fingerprint density at radius 1 is 1.00 bits per heavy atom. The molecule has 0 rings (SSSR count). The van der Waals surface area contributed by atoms with Crippen molar-refractivity contribution >= 4 is 11.8 Å². The van der Waals surface area contributed by atoms with Crippen molar-refractivity contribution in [2.45, 2.75) is 13.8 Å². The SMILES string of the molecule is CC(N)=O.CC(N)=O.[O]=[Mo]. The Hall–Kier alpha value is -0.572. The molecule has 6 heteroatoms. The van der Waals surface area contributed by atoms with E-state index in [2.05, 4.69) is 11.5 Å². The van der Waals surface area contributed by atoms with Crippen LogP contribution < -0.4 is 11.5 Å². The van der Waals surface area contributed by atoms with E-state index in [0.717, 1.165) is 0 Å². The van der Waals surface area contributed by atoms with Crippen molar-refractivity contribution in [3.8, 4) is 0 Å². The molecular weight excluding hydrogens is 220 g/mol. The first-order valence-corrected chi connectivity index (χ1v) is 2.97. The third kappa shape index (κ3) is 939. The van der Waals surface area contributed by atoms with Gasteiger partial charge in [-0.15, -0.1) is 0 Å². The second-order valence-corrected chi connectivity index (χ2v) is 1.22. The number of primary amides is 2. The third-order valence-corrected chi connectivity index (χ3v) is 0. The van der Waals surface area contributed by atoms with E-state index in [4.69, 9.17) is 3.40 Å². The monoisotopic (exact) mass is 232 g/mol. The molecular formula is C4H10MoN2O3. The average Bonchev–Trinajstić information content (AvgIpc) is 1.66. The predicted molar refractivity (Wildman–Crippen MR) is 30.4 cm³/mol. The van der Waals surface area contributed by atoms with Gasteiger partial charge in [0.25, 0.3) is 0 Å². The molecule has 0 saturated carbocycles. The van der Waals surface area contributed by atoms with Crippen LogP contribution in [0.3, 0.4) is 0 Å². The molecule has 60 valence electrons. The zero-order chi connectivity index (χ0) is 9.15. The summed E-state index contributed by atoms with van der Waals surface area (Å²) in [5.74, 6) is -0.667. The number of amides is 2. The van der Waals surface area contributed by atoms with Gasteiger partial charge >= 0.3 is 23.2 Å². The summed E-state index contributed by atoms with van der Waals surface area (Å²) in [6.07, 6.45) is 0. The summed E-state index contributed by atoms with van der Waals surface area (Å²) in [6.45, 7) is 2.61. The molecule has 0 atom stereocenters. The molecule has 0 aliphatic heterocycles. The van der Waals surface area contributed by atoms with Crippen LogP contribution in [0.5, 0.6) is 0 Å². The fourth-order valence-electron chi connectivity index (χ4n) is 0. The molecule has 0 aliphatic carbocycles. The Balaban J connectivity index is -0.0000000787. The van der Waals surface area contributed by atoms with Crippen molar-refractivity contribution in [1.29, 1.82) is 0 Å². The van der Waals surface area contributed by atoms with Crippen LogP contribution in [0.15, 0.2) is 0 Å². The van der Waals surface area contributed by atoms with Gasteiger partial charge in [-0.3, -0.25) is 9.59 Å². The fraction of sp³-hybridized carbons (Fsp3) is 0.500. The summed E-state index contributed by atoms with van der Waals surface area (Å²) in [5.41, 5.74) is 8.94. The summed E-state index contributed by atoms with van der Waals surface area (Å²) in [6, 6.07) is 0. The molecule has 0 aromatic rings. The molecule has 10 heavy (non-hydrogen) atoms. The van der Waals surface area contributed by atoms with Crippen molar-refractivity contribution in [2.75, 3.05) is 0 Å². The topological polar surface area (TPSA) is 103 Å². The third-order valence-electron chi connectivity index (χ3n) is 0. The van der Waals surface area contributed by atoms with Gasteiger partial charge in [0.1, 0.15) is 0 Å². The molecule has 0 bridgehead atoms. The maximum absolute atomic E-state index is 9.22. The molecule has 0 saturated heterocycles. The normalized spacial score (nSPS) is 5.40. The molecule has 0 radical (unpaired) electrons.